The van der Waals surface area contributed by atoms with E-state index in [9.17, 15) is 9.90 Å². The van der Waals surface area contributed by atoms with E-state index >= 15 is 0 Å². The van der Waals surface area contributed by atoms with Gasteiger partial charge in [0.25, 0.3) is 0 Å². The Kier molecular flexibility index (Phi) is 3.71. The van der Waals surface area contributed by atoms with Crippen LogP contribution in [0.15, 0.2) is 30.3 Å². The zero-order valence-corrected chi connectivity index (χ0v) is 11.3. The smallest absolute Gasteiger partial charge is 0.339 e. The molecule has 0 aliphatic heterocycles. The van der Waals surface area contributed by atoms with Gasteiger partial charge in [-0.05, 0) is 43.7 Å². The van der Waals surface area contributed by atoms with Crippen molar-refractivity contribution in [3.63, 3.8) is 0 Å². The summed E-state index contributed by atoms with van der Waals surface area (Å²) in [5.41, 5.74) is 4.03. The van der Waals surface area contributed by atoms with E-state index in [-0.39, 0.29) is 12.6 Å². The van der Waals surface area contributed by atoms with Crippen molar-refractivity contribution in [2.45, 2.75) is 20.5 Å². The highest BCUT2D eigenvalue weighted by atomic mass is 16.5. The summed E-state index contributed by atoms with van der Waals surface area (Å²) in [6.07, 6.45) is 0. The number of hydrogen-bond acceptors (Lipinski definition) is 3. The van der Waals surface area contributed by atoms with Crippen molar-refractivity contribution in [3.05, 3.63) is 52.8 Å². The third-order valence-corrected chi connectivity index (χ3v) is 3.16. The molecule has 1 aromatic heterocycles. The zero-order chi connectivity index (χ0) is 14.0. The summed E-state index contributed by atoms with van der Waals surface area (Å²) in [4.78, 5) is 11.9. The first-order valence-corrected chi connectivity index (χ1v) is 6.06. The highest BCUT2D eigenvalue weighted by Gasteiger charge is 2.16. The highest BCUT2D eigenvalue weighted by molar-refractivity contribution is 5.93. The van der Waals surface area contributed by atoms with Crippen molar-refractivity contribution in [3.8, 4) is 5.69 Å². The normalized spacial score (nSPS) is 10.5. The summed E-state index contributed by atoms with van der Waals surface area (Å²) in [6, 6.07) is 9.20. The van der Waals surface area contributed by atoms with Gasteiger partial charge in [-0.3, -0.25) is 0 Å². The summed E-state index contributed by atoms with van der Waals surface area (Å²) in [6.45, 7) is 3.88. The van der Waals surface area contributed by atoms with Crippen molar-refractivity contribution in [1.29, 1.82) is 0 Å². The number of benzene rings is 1. The van der Waals surface area contributed by atoms with Crippen molar-refractivity contribution < 1.29 is 14.6 Å². The maximum Gasteiger partial charge on any atom is 0.339 e. The van der Waals surface area contributed by atoms with Crippen molar-refractivity contribution >= 4 is 5.97 Å². The Hall–Kier alpha value is -2.07. The number of carbonyl (C=O) groups is 1. The van der Waals surface area contributed by atoms with Crippen LogP contribution in [0.4, 0.5) is 0 Å². The summed E-state index contributed by atoms with van der Waals surface area (Å²) in [7, 11) is 1.36. The molecule has 0 aliphatic rings. The van der Waals surface area contributed by atoms with E-state index < -0.39 is 0 Å². The second kappa shape index (κ2) is 5.28. The van der Waals surface area contributed by atoms with Gasteiger partial charge in [0.2, 0.25) is 0 Å². The van der Waals surface area contributed by atoms with Gasteiger partial charge in [0.1, 0.15) is 0 Å². The molecule has 19 heavy (non-hydrogen) atoms. The zero-order valence-electron chi connectivity index (χ0n) is 11.3. The molecular formula is C15H17NO3. The summed E-state index contributed by atoms with van der Waals surface area (Å²) in [5, 5.41) is 9.26. The molecule has 0 radical (unpaired) electrons. The average molecular weight is 259 g/mol. The van der Waals surface area contributed by atoms with E-state index in [1.165, 1.54) is 7.11 Å². The van der Waals surface area contributed by atoms with E-state index in [0.717, 1.165) is 22.6 Å². The van der Waals surface area contributed by atoms with E-state index in [1.54, 1.807) is 12.1 Å². The van der Waals surface area contributed by atoms with Crippen molar-refractivity contribution in [2.75, 3.05) is 7.11 Å². The van der Waals surface area contributed by atoms with Gasteiger partial charge in [-0.2, -0.15) is 0 Å². The van der Waals surface area contributed by atoms with Gasteiger partial charge in [-0.15, -0.1) is 0 Å². The first kappa shape index (κ1) is 13.4. The molecule has 0 bridgehead atoms. The summed E-state index contributed by atoms with van der Waals surface area (Å²) in [5.74, 6) is -0.382. The molecule has 4 nitrogen and oxygen atoms in total. The van der Waals surface area contributed by atoms with Crippen LogP contribution in [0.2, 0.25) is 0 Å². The van der Waals surface area contributed by atoms with Crippen LogP contribution < -0.4 is 0 Å². The van der Waals surface area contributed by atoms with Crippen molar-refractivity contribution in [2.24, 2.45) is 0 Å². The number of carbonyl (C=O) groups excluding carboxylic acids is 1. The Morgan fingerprint density at radius 3 is 2.37 bits per heavy atom. The Bertz CT molecular complexity index is 594. The highest BCUT2D eigenvalue weighted by Crippen LogP contribution is 2.22. The molecule has 2 rings (SSSR count). The first-order valence-electron chi connectivity index (χ1n) is 6.06. The molecule has 4 heteroatoms. The third-order valence-electron chi connectivity index (χ3n) is 3.16. The fourth-order valence-electron chi connectivity index (χ4n) is 2.19. The van der Waals surface area contributed by atoms with Gasteiger partial charge in [0.05, 0.1) is 25.0 Å². The van der Waals surface area contributed by atoms with E-state index in [1.807, 2.05) is 36.6 Å². The second-order valence-corrected chi connectivity index (χ2v) is 4.45. The molecule has 0 spiro atoms. The molecule has 0 saturated carbocycles. The topological polar surface area (TPSA) is 51.5 Å². The second-order valence-electron chi connectivity index (χ2n) is 4.45. The van der Waals surface area contributed by atoms with Crippen molar-refractivity contribution in [1.82, 2.24) is 4.57 Å². The molecule has 0 atom stereocenters. The summed E-state index contributed by atoms with van der Waals surface area (Å²) >= 11 is 0. The third kappa shape index (κ3) is 2.39. The summed E-state index contributed by atoms with van der Waals surface area (Å²) < 4.78 is 6.79. The number of esters is 1. The standard InChI is InChI=1S/C15H17NO3/c1-10-4-5-11(2)16(10)14-8-12(9-17)6-7-13(14)15(18)19-3/h4-8,17H,9H2,1-3H3. The number of ether oxygens (including phenoxy) is 1. The fraction of sp³-hybridized carbons (Fsp3) is 0.267. The molecule has 0 fully saturated rings. The van der Waals surface area contributed by atoms with Crippen LogP contribution in [0.5, 0.6) is 0 Å². The monoisotopic (exact) mass is 259 g/mol. The van der Waals surface area contributed by atoms with Crippen LogP contribution in [-0.4, -0.2) is 22.8 Å². The number of aliphatic hydroxyl groups excluding tert-OH is 1. The molecule has 1 heterocycles. The van der Waals surface area contributed by atoms with Crippen LogP contribution in [0, 0.1) is 13.8 Å². The molecule has 2 aromatic rings. The van der Waals surface area contributed by atoms with Gasteiger partial charge >= 0.3 is 5.97 Å². The minimum atomic E-state index is -0.382. The predicted octanol–water partition coefficient (Wildman–Crippen LogP) is 2.37. The molecule has 0 unspecified atom stereocenters. The number of nitrogens with zero attached hydrogens (tertiary/aromatic N) is 1. The molecule has 0 aliphatic carbocycles. The number of aliphatic hydroxyl groups is 1. The Morgan fingerprint density at radius 2 is 1.84 bits per heavy atom. The van der Waals surface area contributed by atoms with Crippen LogP contribution in [0.1, 0.15) is 27.3 Å². The quantitative estimate of drug-likeness (QED) is 0.861. The predicted molar refractivity (Wildman–Crippen MR) is 72.5 cm³/mol. The molecule has 100 valence electrons. The maximum atomic E-state index is 11.9. The van der Waals surface area contributed by atoms with E-state index in [2.05, 4.69) is 0 Å². The average Bonchev–Trinajstić information content (AvgIpc) is 2.76. The lowest BCUT2D eigenvalue weighted by Gasteiger charge is -2.14. The molecule has 1 N–H and O–H groups in total. The lowest BCUT2D eigenvalue weighted by molar-refractivity contribution is 0.0600. The van der Waals surface area contributed by atoms with Gasteiger partial charge in [-0.25, -0.2) is 4.79 Å². The fourth-order valence-corrected chi connectivity index (χ4v) is 2.19. The minimum absolute atomic E-state index is 0.0617. The first-order chi connectivity index (χ1) is 9.08. The maximum absolute atomic E-state index is 11.9. The Balaban J connectivity index is 2.68. The number of hydrogen-bond donors (Lipinski definition) is 1. The SMILES string of the molecule is COC(=O)c1ccc(CO)cc1-n1c(C)ccc1C. The van der Waals surface area contributed by atoms with E-state index in [4.69, 9.17) is 4.74 Å². The molecule has 0 saturated heterocycles. The Morgan fingerprint density at radius 1 is 1.21 bits per heavy atom. The lowest BCUT2D eigenvalue weighted by Crippen LogP contribution is -2.10. The van der Waals surface area contributed by atoms with Crippen LogP contribution in [0.25, 0.3) is 5.69 Å². The largest absolute Gasteiger partial charge is 0.465 e. The number of rotatable bonds is 3. The van der Waals surface area contributed by atoms with Gasteiger partial charge < -0.3 is 14.4 Å². The molecule has 0 amide bonds. The van der Waals surface area contributed by atoms with Gasteiger partial charge in [-0.1, -0.05) is 6.07 Å². The number of aromatic nitrogens is 1. The lowest BCUT2D eigenvalue weighted by atomic mass is 10.1. The van der Waals surface area contributed by atoms with Gasteiger partial charge in [0, 0.05) is 11.4 Å². The van der Waals surface area contributed by atoms with Gasteiger partial charge in [0.15, 0.2) is 0 Å². The van der Waals surface area contributed by atoms with Crippen LogP contribution >= 0.6 is 0 Å². The van der Waals surface area contributed by atoms with Crippen LogP contribution in [0.3, 0.4) is 0 Å². The Labute approximate surface area is 112 Å². The molecular weight excluding hydrogens is 242 g/mol. The number of methoxy groups -OCH3 is 1. The minimum Gasteiger partial charge on any atom is -0.465 e. The molecule has 1 aromatic carbocycles. The number of aryl methyl sites for hydroxylation is 2. The van der Waals surface area contributed by atoms with Crippen LogP contribution in [-0.2, 0) is 11.3 Å². The van der Waals surface area contributed by atoms with E-state index in [0.29, 0.717) is 5.56 Å².